The molecule has 0 amide bonds. The van der Waals surface area contributed by atoms with Crippen LogP contribution >= 0.6 is 11.3 Å². The Morgan fingerprint density at radius 2 is 2.20 bits per heavy atom. The van der Waals surface area contributed by atoms with Crippen LogP contribution in [0, 0.1) is 11.8 Å². The van der Waals surface area contributed by atoms with Crippen molar-refractivity contribution >= 4 is 11.3 Å². The van der Waals surface area contributed by atoms with E-state index in [1.165, 1.54) is 35.6 Å². The van der Waals surface area contributed by atoms with Crippen LogP contribution in [0.3, 0.4) is 0 Å². The van der Waals surface area contributed by atoms with Crippen molar-refractivity contribution < 1.29 is 0 Å². The van der Waals surface area contributed by atoms with E-state index in [0.29, 0.717) is 5.92 Å². The fourth-order valence-corrected chi connectivity index (χ4v) is 4.41. The number of nitrogens with zero attached hydrogens (tertiary/aromatic N) is 1. The molecule has 0 saturated heterocycles. The molecule has 1 aromatic rings. The summed E-state index contributed by atoms with van der Waals surface area (Å²) in [5, 5.41) is 1.44. The van der Waals surface area contributed by atoms with Crippen LogP contribution < -0.4 is 0 Å². The van der Waals surface area contributed by atoms with Gasteiger partial charge in [0.2, 0.25) is 0 Å². The molecule has 0 N–H and O–H groups in total. The molecule has 1 heterocycles. The van der Waals surface area contributed by atoms with Gasteiger partial charge in [-0.1, -0.05) is 20.3 Å². The standard InChI is InChI=1S/C13H19NS/c1-8(2)12-7-14-13(15-12)11-6-9-3-4-10(11)5-9/h7-11H,3-6H2,1-2H3. The topological polar surface area (TPSA) is 12.9 Å². The number of rotatable bonds is 2. The van der Waals surface area contributed by atoms with Gasteiger partial charge < -0.3 is 0 Å². The lowest BCUT2D eigenvalue weighted by atomic mass is 9.89. The molecular weight excluding hydrogens is 202 g/mol. The van der Waals surface area contributed by atoms with E-state index in [-0.39, 0.29) is 0 Å². The van der Waals surface area contributed by atoms with Crippen molar-refractivity contribution in [1.82, 2.24) is 4.98 Å². The van der Waals surface area contributed by atoms with Crippen LogP contribution in [0.1, 0.15) is 61.3 Å². The molecule has 0 aliphatic heterocycles. The predicted molar refractivity (Wildman–Crippen MR) is 64.4 cm³/mol. The van der Waals surface area contributed by atoms with Gasteiger partial charge in [0.1, 0.15) is 0 Å². The van der Waals surface area contributed by atoms with Crippen LogP contribution in [0.2, 0.25) is 0 Å². The maximum Gasteiger partial charge on any atom is 0.0961 e. The average Bonchev–Trinajstić information content (AvgIpc) is 2.93. The first-order valence-electron chi connectivity index (χ1n) is 6.19. The largest absolute Gasteiger partial charge is 0.249 e. The smallest absolute Gasteiger partial charge is 0.0961 e. The Kier molecular flexibility index (Phi) is 2.35. The molecule has 0 radical (unpaired) electrons. The van der Waals surface area contributed by atoms with E-state index in [9.17, 15) is 0 Å². The summed E-state index contributed by atoms with van der Waals surface area (Å²) in [6.45, 7) is 4.52. The van der Waals surface area contributed by atoms with Gasteiger partial charge in [-0.05, 0) is 37.0 Å². The van der Waals surface area contributed by atoms with Crippen LogP contribution in [0.15, 0.2) is 6.20 Å². The molecule has 15 heavy (non-hydrogen) atoms. The number of hydrogen-bond donors (Lipinski definition) is 0. The molecule has 2 bridgehead atoms. The Morgan fingerprint density at radius 3 is 2.73 bits per heavy atom. The zero-order valence-corrected chi connectivity index (χ0v) is 10.4. The highest BCUT2D eigenvalue weighted by Gasteiger charge is 2.41. The molecule has 2 saturated carbocycles. The van der Waals surface area contributed by atoms with E-state index in [1.54, 1.807) is 0 Å². The number of fused-ring (bicyclic) bond motifs is 2. The minimum absolute atomic E-state index is 0.648. The zero-order chi connectivity index (χ0) is 10.4. The summed E-state index contributed by atoms with van der Waals surface area (Å²) >= 11 is 1.97. The lowest BCUT2D eigenvalue weighted by molar-refractivity contribution is 0.419. The van der Waals surface area contributed by atoms with Gasteiger partial charge in [-0.15, -0.1) is 11.3 Å². The molecule has 82 valence electrons. The van der Waals surface area contributed by atoms with Crippen LogP contribution in [0.25, 0.3) is 0 Å². The number of thiazole rings is 1. The van der Waals surface area contributed by atoms with Crippen molar-refractivity contribution in [3.63, 3.8) is 0 Å². The van der Waals surface area contributed by atoms with Crippen LogP contribution in [0.4, 0.5) is 0 Å². The van der Waals surface area contributed by atoms with E-state index < -0.39 is 0 Å². The predicted octanol–water partition coefficient (Wildman–Crippen LogP) is 4.17. The van der Waals surface area contributed by atoms with Crippen molar-refractivity contribution in [2.24, 2.45) is 11.8 Å². The van der Waals surface area contributed by atoms with Gasteiger partial charge in [-0.25, -0.2) is 4.98 Å². The molecule has 2 aliphatic rings. The molecule has 2 aliphatic carbocycles. The minimum atomic E-state index is 0.648. The molecule has 1 nitrogen and oxygen atoms in total. The van der Waals surface area contributed by atoms with Crippen molar-refractivity contribution in [2.75, 3.05) is 0 Å². The fourth-order valence-electron chi connectivity index (χ4n) is 3.29. The molecule has 0 aromatic carbocycles. The minimum Gasteiger partial charge on any atom is -0.249 e. The van der Waals surface area contributed by atoms with Gasteiger partial charge in [-0.3, -0.25) is 0 Å². The summed E-state index contributed by atoms with van der Waals surface area (Å²) in [6, 6.07) is 0. The molecule has 2 heteroatoms. The summed E-state index contributed by atoms with van der Waals surface area (Å²) in [6.07, 6.45) is 7.98. The summed E-state index contributed by atoms with van der Waals surface area (Å²) in [5.74, 6) is 3.48. The zero-order valence-electron chi connectivity index (χ0n) is 9.57. The monoisotopic (exact) mass is 221 g/mol. The highest BCUT2D eigenvalue weighted by atomic mass is 32.1. The maximum atomic E-state index is 4.66. The van der Waals surface area contributed by atoms with Crippen LogP contribution in [0.5, 0.6) is 0 Å². The Bertz CT molecular complexity index is 355. The molecule has 3 atom stereocenters. The molecular formula is C13H19NS. The summed E-state index contributed by atoms with van der Waals surface area (Å²) in [7, 11) is 0. The van der Waals surface area contributed by atoms with Gasteiger partial charge in [0.05, 0.1) is 5.01 Å². The summed E-state index contributed by atoms with van der Waals surface area (Å²) in [5.41, 5.74) is 0. The van der Waals surface area contributed by atoms with E-state index in [1.807, 2.05) is 11.3 Å². The van der Waals surface area contributed by atoms with Gasteiger partial charge in [0.15, 0.2) is 0 Å². The molecule has 3 rings (SSSR count). The summed E-state index contributed by atoms with van der Waals surface area (Å²) in [4.78, 5) is 6.12. The number of aromatic nitrogens is 1. The first-order valence-corrected chi connectivity index (χ1v) is 7.01. The Morgan fingerprint density at radius 1 is 1.33 bits per heavy atom. The van der Waals surface area contributed by atoms with Crippen molar-refractivity contribution in [2.45, 2.75) is 51.4 Å². The second-order valence-electron chi connectivity index (χ2n) is 5.54. The van der Waals surface area contributed by atoms with Crippen molar-refractivity contribution in [1.29, 1.82) is 0 Å². The van der Waals surface area contributed by atoms with Crippen molar-refractivity contribution in [3.05, 3.63) is 16.1 Å². The lowest BCUT2D eigenvalue weighted by Gasteiger charge is -2.18. The Balaban J connectivity index is 1.81. The van der Waals surface area contributed by atoms with E-state index >= 15 is 0 Å². The highest BCUT2D eigenvalue weighted by Crippen LogP contribution is 2.53. The first-order chi connectivity index (χ1) is 7.24. The van der Waals surface area contributed by atoms with Gasteiger partial charge in [0, 0.05) is 17.0 Å². The second-order valence-corrected chi connectivity index (χ2v) is 6.63. The van der Waals surface area contributed by atoms with Gasteiger partial charge >= 0.3 is 0 Å². The third-order valence-corrected chi connectivity index (χ3v) is 5.60. The molecule has 1 aromatic heterocycles. The highest BCUT2D eigenvalue weighted by molar-refractivity contribution is 7.11. The SMILES string of the molecule is CC(C)c1cnc(C2CC3CCC2C3)s1. The quantitative estimate of drug-likeness (QED) is 0.730. The van der Waals surface area contributed by atoms with Gasteiger partial charge in [0.25, 0.3) is 0 Å². The second kappa shape index (κ2) is 3.58. The normalized spacial score (nSPS) is 34.2. The summed E-state index contributed by atoms with van der Waals surface area (Å²) < 4.78 is 0. The van der Waals surface area contributed by atoms with E-state index in [4.69, 9.17) is 0 Å². The molecule has 0 spiro atoms. The van der Waals surface area contributed by atoms with E-state index in [0.717, 1.165) is 17.8 Å². The third kappa shape index (κ3) is 1.63. The van der Waals surface area contributed by atoms with Crippen molar-refractivity contribution in [3.8, 4) is 0 Å². The average molecular weight is 221 g/mol. The number of hydrogen-bond acceptors (Lipinski definition) is 2. The Labute approximate surface area is 95.9 Å². The van der Waals surface area contributed by atoms with E-state index in [2.05, 4.69) is 25.0 Å². The molecule has 2 fully saturated rings. The Hall–Kier alpha value is -0.370. The molecule has 3 unspecified atom stereocenters. The third-order valence-electron chi connectivity index (χ3n) is 4.17. The van der Waals surface area contributed by atoms with Crippen LogP contribution in [-0.2, 0) is 0 Å². The van der Waals surface area contributed by atoms with Gasteiger partial charge in [-0.2, -0.15) is 0 Å². The lowest BCUT2D eigenvalue weighted by Crippen LogP contribution is -2.07. The van der Waals surface area contributed by atoms with Crippen LogP contribution in [-0.4, -0.2) is 4.98 Å². The fraction of sp³-hybridized carbons (Fsp3) is 0.769. The first kappa shape index (κ1) is 9.83. The maximum absolute atomic E-state index is 4.66.